The molecule has 5 nitrogen and oxygen atoms in total. The van der Waals surface area contributed by atoms with Crippen molar-refractivity contribution in [2.45, 2.75) is 26.2 Å². The van der Waals surface area contributed by atoms with Gasteiger partial charge >= 0.3 is 0 Å². The molecule has 1 amide bonds. The number of carbonyl (C=O) groups excluding carboxylic acids is 1. The maximum atomic E-state index is 11.7. The molecule has 0 saturated heterocycles. The van der Waals surface area contributed by atoms with Crippen molar-refractivity contribution in [3.63, 3.8) is 0 Å². The number of ether oxygens (including phenoxy) is 1. The van der Waals surface area contributed by atoms with E-state index in [0.29, 0.717) is 11.7 Å². The van der Waals surface area contributed by atoms with Crippen molar-refractivity contribution < 1.29 is 9.53 Å². The van der Waals surface area contributed by atoms with E-state index in [0.717, 1.165) is 12.0 Å². The summed E-state index contributed by atoms with van der Waals surface area (Å²) in [4.78, 5) is 15.6. The summed E-state index contributed by atoms with van der Waals surface area (Å²) in [6.07, 6.45) is 5.98. The summed E-state index contributed by atoms with van der Waals surface area (Å²) in [7, 11) is 0. The predicted octanol–water partition coefficient (Wildman–Crippen LogP) is 3.12. The molecule has 120 valence electrons. The number of nitrogens with one attached hydrogen (secondary N) is 1. The minimum Gasteiger partial charge on any atom is -0.484 e. The topological polar surface area (TPSA) is 63.6 Å². The lowest BCUT2D eigenvalue weighted by atomic mass is 9.99. The Kier molecular flexibility index (Phi) is 6.29. The first kappa shape index (κ1) is 16.7. The first-order chi connectivity index (χ1) is 11.2. The van der Waals surface area contributed by atoms with Gasteiger partial charge in [-0.05, 0) is 47.7 Å². The Morgan fingerprint density at radius 1 is 1.26 bits per heavy atom. The lowest BCUT2D eigenvalue weighted by molar-refractivity contribution is -0.123. The highest BCUT2D eigenvalue weighted by Gasteiger charge is 2.04. The molecule has 2 aromatic rings. The van der Waals surface area contributed by atoms with Crippen LogP contribution in [0.1, 0.15) is 37.3 Å². The Morgan fingerprint density at radius 2 is 1.96 bits per heavy atom. The van der Waals surface area contributed by atoms with Crippen LogP contribution in [0.2, 0.25) is 0 Å². The Bertz CT molecular complexity index is 639. The number of benzene rings is 1. The normalized spacial score (nSPS) is 12.1. The van der Waals surface area contributed by atoms with Crippen LogP contribution in [-0.4, -0.2) is 23.7 Å². The van der Waals surface area contributed by atoms with Gasteiger partial charge in [-0.15, -0.1) is 0 Å². The molecular weight excluding hydrogens is 290 g/mol. The summed E-state index contributed by atoms with van der Waals surface area (Å²) < 4.78 is 5.44. The number of amides is 1. The molecule has 0 spiro atoms. The maximum Gasteiger partial charge on any atom is 0.277 e. The second-order valence-corrected chi connectivity index (χ2v) is 5.24. The fourth-order valence-corrected chi connectivity index (χ4v) is 1.94. The molecule has 1 heterocycles. The third-order valence-electron chi connectivity index (χ3n) is 3.54. The Balaban J connectivity index is 1.77. The molecule has 0 aliphatic carbocycles. The summed E-state index contributed by atoms with van der Waals surface area (Å²) >= 11 is 0. The predicted molar refractivity (Wildman–Crippen MR) is 90.6 cm³/mol. The monoisotopic (exact) mass is 311 g/mol. The molecule has 2 rings (SSSR count). The van der Waals surface area contributed by atoms with E-state index in [9.17, 15) is 4.79 Å². The zero-order chi connectivity index (χ0) is 16.5. The van der Waals surface area contributed by atoms with Gasteiger partial charge < -0.3 is 4.74 Å². The third-order valence-corrected chi connectivity index (χ3v) is 3.54. The molecule has 0 radical (unpaired) electrons. The van der Waals surface area contributed by atoms with Gasteiger partial charge in [0.1, 0.15) is 5.75 Å². The van der Waals surface area contributed by atoms with Crippen LogP contribution in [0.3, 0.4) is 0 Å². The van der Waals surface area contributed by atoms with Gasteiger partial charge in [-0.25, -0.2) is 5.43 Å². The number of nitrogens with zero attached hydrogens (tertiary/aromatic N) is 2. The zero-order valence-corrected chi connectivity index (χ0v) is 13.4. The lowest BCUT2D eigenvalue weighted by Gasteiger charge is -2.10. The highest BCUT2D eigenvalue weighted by atomic mass is 16.5. The molecule has 1 N–H and O–H groups in total. The van der Waals surface area contributed by atoms with Crippen LogP contribution in [0.4, 0.5) is 0 Å². The number of hydrogen-bond acceptors (Lipinski definition) is 4. The molecule has 0 saturated carbocycles. The standard InChI is InChI=1S/C18H21N3O2/c1-3-14(2)16-4-6-17(7-5-16)23-13-18(22)21-20-12-15-8-10-19-11-9-15/h4-12,14H,3,13H2,1-2H3,(H,21,22)/b20-12-/t14-/m0/s1. The molecule has 1 atom stereocenters. The van der Waals surface area contributed by atoms with Gasteiger partial charge in [-0.1, -0.05) is 26.0 Å². The maximum absolute atomic E-state index is 11.7. The summed E-state index contributed by atoms with van der Waals surface area (Å²) in [5.41, 5.74) is 4.56. The molecule has 0 unspecified atom stereocenters. The van der Waals surface area contributed by atoms with E-state index in [1.165, 1.54) is 5.56 Å². The molecule has 1 aromatic carbocycles. The fraction of sp³-hybridized carbons (Fsp3) is 0.278. The van der Waals surface area contributed by atoms with Crippen LogP contribution >= 0.6 is 0 Å². The SMILES string of the molecule is CC[C@H](C)c1ccc(OCC(=O)N/N=C\c2ccncc2)cc1. The molecule has 0 bridgehead atoms. The Hall–Kier alpha value is -2.69. The van der Waals surface area contributed by atoms with E-state index in [1.54, 1.807) is 30.7 Å². The Labute approximate surface area is 136 Å². The number of pyridine rings is 1. The van der Waals surface area contributed by atoms with Crippen LogP contribution < -0.4 is 10.2 Å². The highest BCUT2D eigenvalue weighted by Crippen LogP contribution is 2.21. The first-order valence-corrected chi connectivity index (χ1v) is 7.63. The number of aromatic nitrogens is 1. The molecule has 0 aliphatic rings. The van der Waals surface area contributed by atoms with Gasteiger partial charge in [0.15, 0.2) is 6.61 Å². The quantitative estimate of drug-likeness (QED) is 0.631. The van der Waals surface area contributed by atoms with Crippen LogP contribution in [0.5, 0.6) is 5.75 Å². The summed E-state index contributed by atoms with van der Waals surface area (Å²) in [5.74, 6) is 0.890. The fourth-order valence-electron chi connectivity index (χ4n) is 1.94. The number of carbonyl (C=O) groups is 1. The van der Waals surface area contributed by atoms with E-state index in [4.69, 9.17) is 4.74 Å². The van der Waals surface area contributed by atoms with E-state index in [2.05, 4.69) is 29.4 Å². The van der Waals surface area contributed by atoms with Crippen molar-refractivity contribution in [3.05, 3.63) is 59.9 Å². The van der Waals surface area contributed by atoms with E-state index in [1.807, 2.05) is 24.3 Å². The second-order valence-electron chi connectivity index (χ2n) is 5.24. The van der Waals surface area contributed by atoms with Gasteiger partial charge in [0.05, 0.1) is 6.21 Å². The van der Waals surface area contributed by atoms with Crippen LogP contribution in [0.25, 0.3) is 0 Å². The summed E-state index contributed by atoms with van der Waals surface area (Å²) in [6.45, 7) is 4.27. The molecule has 1 aromatic heterocycles. The number of hydrazone groups is 1. The van der Waals surface area contributed by atoms with Gasteiger partial charge in [-0.3, -0.25) is 9.78 Å². The van der Waals surface area contributed by atoms with Crippen molar-refractivity contribution in [3.8, 4) is 5.75 Å². The third kappa shape index (κ3) is 5.54. The van der Waals surface area contributed by atoms with E-state index < -0.39 is 0 Å². The van der Waals surface area contributed by atoms with Crippen molar-refractivity contribution in [1.82, 2.24) is 10.4 Å². The molecular formula is C18H21N3O2. The number of hydrogen-bond donors (Lipinski definition) is 1. The van der Waals surface area contributed by atoms with E-state index in [-0.39, 0.29) is 12.5 Å². The van der Waals surface area contributed by atoms with Crippen molar-refractivity contribution in [2.75, 3.05) is 6.61 Å². The van der Waals surface area contributed by atoms with Crippen LogP contribution in [0.15, 0.2) is 53.9 Å². The minimum atomic E-state index is -0.304. The van der Waals surface area contributed by atoms with Gasteiger partial charge in [-0.2, -0.15) is 5.10 Å². The van der Waals surface area contributed by atoms with Gasteiger partial charge in [0, 0.05) is 12.4 Å². The van der Waals surface area contributed by atoms with Crippen molar-refractivity contribution in [2.24, 2.45) is 5.10 Å². The summed E-state index contributed by atoms with van der Waals surface area (Å²) in [6, 6.07) is 11.4. The van der Waals surface area contributed by atoms with Crippen LogP contribution in [0, 0.1) is 0 Å². The molecule has 23 heavy (non-hydrogen) atoms. The lowest BCUT2D eigenvalue weighted by Crippen LogP contribution is -2.24. The smallest absolute Gasteiger partial charge is 0.277 e. The van der Waals surface area contributed by atoms with Crippen LogP contribution in [-0.2, 0) is 4.79 Å². The zero-order valence-electron chi connectivity index (χ0n) is 13.4. The average molecular weight is 311 g/mol. The average Bonchev–Trinajstić information content (AvgIpc) is 2.60. The van der Waals surface area contributed by atoms with E-state index >= 15 is 0 Å². The van der Waals surface area contributed by atoms with Gasteiger partial charge in [0.2, 0.25) is 0 Å². The van der Waals surface area contributed by atoms with Gasteiger partial charge in [0.25, 0.3) is 5.91 Å². The molecule has 0 aliphatic heterocycles. The molecule has 5 heteroatoms. The largest absolute Gasteiger partial charge is 0.484 e. The highest BCUT2D eigenvalue weighted by molar-refractivity contribution is 5.82. The number of rotatable bonds is 7. The van der Waals surface area contributed by atoms with Crippen molar-refractivity contribution >= 4 is 12.1 Å². The summed E-state index contributed by atoms with van der Waals surface area (Å²) in [5, 5.41) is 3.87. The first-order valence-electron chi connectivity index (χ1n) is 7.63. The second kappa shape index (κ2) is 8.68. The Morgan fingerprint density at radius 3 is 2.61 bits per heavy atom. The molecule has 0 fully saturated rings. The van der Waals surface area contributed by atoms with Crippen molar-refractivity contribution in [1.29, 1.82) is 0 Å². The minimum absolute atomic E-state index is 0.0731.